The van der Waals surface area contributed by atoms with Crippen LogP contribution >= 0.6 is 0 Å². The maximum Gasteiger partial charge on any atom is 0.374 e. The molecule has 2 amide bonds. The number of nitrogens with zero attached hydrogens (tertiary/aromatic N) is 1. The Hall–Kier alpha value is -3.03. The molecule has 8 nitrogen and oxygen atoms in total. The van der Waals surface area contributed by atoms with Crippen molar-refractivity contribution < 1.29 is 33.3 Å². The van der Waals surface area contributed by atoms with Crippen molar-refractivity contribution in [3.8, 4) is 0 Å². The van der Waals surface area contributed by atoms with Crippen LogP contribution in [0, 0.1) is 0 Å². The number of hydrogen-bond donors (Lipinski definition) is 0. The number of amides is 2. The van der Waals surface area contributed by atoms with Gasteiger partial charge in [0.2, 0.25) is 5.76 Å². The van der Waals surface area contributed by atoms with Gasteiger partial charge < -0.3 is 14.1 Å². The molecule has 1 aromatic rings. The molecule has 0 spiro atoms. The largest absolute Gasteiger partial charge is 0.538 e. The fourth-order valence-corrected chi connectivity index (χ4v) is 1.77. The highest BCUT2D eigenvalue weighted by molar-refractivity contribution is 6.37. The molecule has 0 unspecified atom stereocenters. The number of rotatable bonds is 6. The normalized spacial score (nSPS) is 13.5. The first-order valence-corrected chi connectivity index (χ1v) is 6.09. The van der Waals surface area contributed by atoms with Crippen LogP contribution in [0.3, 0.4) is 0 Å². The molecule has 0 radical (unpaired) electrons. The Morgan fingerprint density at radius 1 is 1.18 bits per heavy atom. The predicted molar refractivity (Wildman–Crippen MR) is 75.0 cm³/mol. The van der Waals surface area contributed by atoms with E-state index in [-0.39, 0.29) is 25.1 Å². The van der Waals surface area contributed by atoms with Crippen molar-refractivity contribution in [2.75, 3.05) is 0 Å². The lowest BCUT2D eigenvalue weighted by atomic mass is 10.0. The van der Waals surface area contributed by atoms with Gasteiger partial charge in [0.25, 0.3) is 18.3 Å². The van der Waals surface area contributed by atoms with E-state index in [4.69, 9.17) is 4.84 Å². The molecule has 0 fully saturated rings. The second kappa shape index (κ2) is 6.61. The minimum Gasteiger partial charge on any atom is -0.538 e. The van der Waals surface area contributed by atoms with Gasteiger partial charge in [0.05, 0.1) is 11.1 Å². The lowest BCUT2D eigenvalue weighted by Gasteiger charge is -2.15. The van der Waals surface area contributed by atoms with Crippen LogP contribution < -0.4 is 0 Å². The van der Waals surface area contributed by atoms with Crippen LogP contribution in [0.2, 0.25) is 0 Å². The van der Waals surface area contributed by atoms with E-state index in [1.165, 1.54) is 12.1 Å². The van der Waals surface area contributed by atoms with Crippen molar-refractivity contribution >= 4 is 39.8 Å². The minimum atomic E-state index is -0.925. The van der Waals surface area contributed by atoms with E-state index in [1.54, 1.807) is 12.1 Å². The van der Waals surface area contributed by atoms with Crippen LogP contribution in [0.25, 0.3) is 0 Å². The second-order valence-electron chi connectivity index (χ2n) is 4.03. The Kier molecular flexibility index (Phi) is 4.62. The van der Waals surface area contributed by atoms with Crippen LogP contribution in [0.15, 0.2) is 36.0 Å². The molecule has 110 valence electrons. The molecule has 1 heterocycles. The SMILES string of the molecule is BOC(=O)/C(=C\BOC=O)ON1C(=O)c2ccccc2C1=O. The zero-order valence-corrected chi connectivity index (χ0v) is 11.5. The average Bonchev–Trinajstić information content (AvgIpc) is 2.78. The summed E-state index contributed by atoms with van der Waals surface area (Å²) in [5.74, 6) is -1.70. The third kappa shape index (κ3) is 2.85. The molecule has 0 N–H and O–H groups in total. The molecule has 22 heavy (non-hydrogen) atoms. The van der Waals surface area contributed by atoms with Crippen molar-refractivity contribution in [3.05, 3.63) is 47.1 Å². The standard InChI is InChI=1S/C12H9B2NO7/c13-21-12(19)9(5-14-20-6-16)22-15-10(17)7-3-1-2-4-8(7)11(15)18/h1-6,14H,13H2/b9-5+. The summed E-state index contributed by atoms with van der Waals surface area (Å²) in [5.41, 5.74) is 0.335. The van der Waals surface area contributed by atoms with Crippen molar-refractivity contribution in [1.29, 1.82) is 0 Å². The van der Waals surface area contributed by atoms with Gasteiger partial charge in [-0.3, -0.25) is 14.4 Å². The number of hydroxylamine groups is 2. The number of hydrogen-bond acceptors (Lipinski definition) is 7. The van der Waals surface area contributed by atoms with Crippen LogP contribution in [-0.2, 0) is 23.7 Å². The number of fused-ring (bicyclic) bond motifs is 1. The summed E-state index contributed by atoms with van der Waals surface area (Å²) in [6.45, 7) is 0.174. The molecular weight excluding hydrogens is 292 g/mol. The van der Waals surface area contributed by atoms with Crippen molar-refractivity contribution in [2.45, 2.75) is 0 Å². The van der Waals surface area contributed by atoms with Gasteiger partial charge in [-0.05, 0) is 18.1 Å². The molecule has 0 saturated carbocycles. The highest BCUT2D eigenvalue weighted by Crippen LogP contribution is 2.24. The van der Waals surface area contributed by atoms with Gasteiger partial charge in [-0.2, -0.15) is 0 Å². The lowest BCUT2D eigenvalue weighted by molar-refractivity contribution is -0.140. The van der Waals surface area contributed by atoms with E-state index < -0.39 is 23.5 Å². The predicted octanol–water partition coefficient (Wildman–Crippen LogP) is -1.33. The molecule has 0 atom stereocenters. The summed E-state index contributed by atoms with van der Waals surface area (Å²) in [5, 5.41) is 0.453. The topological polar surface area (TPSA) is 99.2 Å². The number of benzene rings is 1. The van der Waals surface area contributed by atoms with Crippen molar-refractivity contribution in [1.82, 2.24) is 5.06 Å². The van der Waals surface area contributed by atoms with Gasteiger partial charge in [-0.25, -0.2) is 4.79 Å². The molecule has 0 aromatic heterocycles. The maximum absolute atomic E-state index is 12.1. The summed E-state index contributed by atoms with van der Waals surface area (Å²) in [6.07, 6.45) is 0. The Balaban J connectivity index is 2.23. The Morgan fingerprint density at radius 2 is 1.77 bits per heavy atom. The summed E-state index contributed by atoms with van der Waals surface area (Å²) >= 11 is 0. The van der Waals surface area contributed by atoms with E-state index in [2.05, 4.69) is 9.31 Å². The van der Waals surface area contributed by atoms with E-state index in [1.807, 2.05) is 0 Å². The summed E-state index contributed by atoms with van der Waals surface area (Å²) in [7, 11) is 0.819. The van der Waals surface area contributed by atoms with E-state index in [9.17, 15) is 19.2 Å². The molecule has 10 heteroatoms. The minimum absolute atomic E-state index is 0.167. The summed E-state index contributed by atoms with van der Waals surface area (Å²) < 4.78 is 8.88. The summed E-state index contributed by atoms with van der Waals surface area (Å²) in [4.78, 5) is 50.9. The zero-order chi connectivity index (χ0) is 16.1. The van der Waals surface area contributed by atoms with E-state index in [0.717, 1.165) is 14.0 Å². The van der Waals surface area contributed by atoms with Gasteiger partial charge in [-0.1, -0.05) is 17.2 Å². The monoisotopic (exact) mass is 301 g/mol. The van der Waals surface area contributed by atoms with Gasteiger partial charge in [0.15, 0.2) is 0 Å². The number of imide groups is 1. The van der Waals surface area contributed by atoms with Crippen LogP contribution in [-0.4, -0.2) is 44.9 Å². The molecule has 0 saturated heterocycles. The van der Waals surface area contributed by atoms with E-state index >= 15 is 0 Å². The Morgan fingerprint density at radius 3 is 2.27 bits per heavy atom. The van der Waals surface area contributed by atoms with Crippen LogP contribution in [0.5, 0.6) is 0 Å². The molecule has 1 aliphatic rings. The molecular formula is C12H9B2NO7. The van der Waals surface area contributed by atoms with Crippen LogP contribution in [0.1, 0.15) is 20.7 Å². The van der Waals surface area contributed by atoms with Crippen LogP contribution in [0.4, 0.5) is 0 Å². The Bertz CT molecular complexity index is 638. The first kappa shape index (κ1) is 15.4. The fraction of sp³-hybridized carbons (Fsp3) is 0. The zero-order valence-electron chi connectivity index (χ0n) is 11.5. The van der Waals surface area contributed by atoms with E-state index in [0.29, 0.717) is 5.06 Å². The molecule has 0 bridgehead atoms. The first-order chi connectivity index (χ1) is 10.6. The summed E-state index contributed by atoms with van der Waals surface area (Å²) in [6, 6.07) is 6.14. The van der Waals surface area contributed by atoms with Crippen molar-refractivity contribution in [2.24, 2.45) is 0 Å². The molecule has 1 aromatic carbocycles. The first-order valence-electron chi connectivity index (χ1n) is 6.09. The lowest BCUT2D eigenvalue weighted by Crippen LogP contribution is -2.31. The van der Waals surface area contributed by atoms with Crippen molar-refractivity contribution in [3.63, 3.8) is 0 Å². The third-order valence-electron chi connectivity index (χ3n) is 2.77. The molecule has 2 rings (SSSR count). The molecule has 0 aliphatic carbocycles. The molecule has 1 aliphatic heterocycles. The second-order valence-corrected chi connectivity index (χ2v) is 4.03. The highest BCUT2D eigenvalue weighted by atomic mass is 16.7. The smallest absolute Gasteiger partial charge is 0.374 e. The van der Waals surface area contributed by atoms with Gasteiger partial charge in [-0.15, -0.1) is 0 Å². The third-order valence-corrected chi connectivity index (χ3v) is 2.77. The maximum atomic E-state index is 12.1. The quantitative estimate of drug-likeness (QED) is 0.160. The number of carbonyl (C=O) groups is 4. The average molecular weight is 301 g/mol. The highest BCUT2D eigenvalue weighted by Gasteiger charge is 2.38. The Labute approximate surface area is 126 Å². The fourth-order valence-electron chi connectivity index (χ4n) is 1.77. The van der Waals surface area contributed by atoms with Gasteiger partial charge in [0, 0.05) is 0 Å². The van der Waals surface area contributed by atoms with Gasteiger partial charge >= 0.3 is 21.5 Å². The number of carbonyl (C=O) groups excluding carboxylic acids is 4. The van der Waals surface area contributed by atoms with Gasteiger partial charge in [0.1, 0.15) is 0 Å².